The lowest BCUT2D eigenvalue weighted by Crippen LogP contribution is -2.49. The van der Waals surface area contributed by atoms with E-state index in [4.69, 9.17) is 0 Å². The molecule has 1 unspecified atom stereocenters. The molecule has 1 fully saturated rings. The molecule has 1 saturated heterocycles. The Morgan fingerprint density at radius 1 is 1.37 bits per heavy atom. The van der Waals surface area contributed by atoms with Gasteiger partial charge in [0, 0.05) is 36.2 Å². The van der Waals surface area contributed by atoms with Crippen molar-refractivity contribution in [3.05, 3.63) is 26.6 Å². The van der Waals surface area contributed by atoms with Crippen molar-refractivity contribution in [1.29, 1.82) is 0 Å². The van der Waals surface area contributed by atoms with Crippen molar-refractivity contribution in [2.75, 3.05) is 25.1 Å². The fraction of sp³-hybridized carbons (Fsp3) is 0.632. The minimum absolute atomic E-state index is 0.0551. The van der Waals surface area contributed by atoms with E-state index in [1.54, 1.807) is 23.1 Å². The smallest absolute Gasteiger partial charge is 0.259 e. The van der Waals surface area contributed by atoms with Gasteiger partial charge in [0.05, 0.1) is 17.4 Å². The van der Waals surface area contributed by atoms with Gasteiger partial charge in [-0.15, -0.1) is 11.3 Å². The average Bonchev–Trinajstić information content (AvgIpc) is 3.25. The number of nitrogens with zero attached hydrogens (tertiary/aromatic N) is 2. The normalized spacial score (nSPS) is 19.8. The number of sulfonamides is 1. The zero-order valence-corrected chi connectivity index (χ0v) is 19.4. The van der Waals surface area contributed by atoms with Crippen molar-refractivity contribution >= 4 is 49.2 Å². The number of aryl methyl sites for hydroxylation is 2. The molecule has 1 aliphatic heterocycles. The van der Waals surface area contributed by atoms with Crippen LogP contribution in [0, 0.1) is 0 Å². The van der Waals surface area contributed by atoms with Crippen LogP contribution in [0.15, 0.2) is 4.79 Å². The Kier molecular flexibility index (Phi) is 6.52. The van der Waals surface area contributed by atoms with Gasteiger partial charge < -0.3 is 10.3 Å². The number of rotatable bonds is 7. The molecule has 1 aliphatic carbocycles. The van der Waals surface area contributed by atoms with Crippen LogP contribution >= 0.6 is 23.1 Å². The number of amides is 1. The molecule has 1 amide bonds. The van der Waals surface area contributed by atoms with Gasteiger partial charge in [0.1, 0.15) is 10.7 Å². The molecule has 2 aromatic heterocycles. The van der Waals surface area contributed by atoms with Gasteiger partial charge in [-0.1, -0.05) is 0 Å². The Balaban J connectivity index is 1.25. The van der Waals surface area contributed by atoms with E-state index in [9.17, 15) is 18.0 Å². The summed E-state index contributed by atoms with van der Waals surface area (Å²) in [6.45, 7) is 0.859. The largest absolute Gasteiger partial charge is 0.352 e. The Morgan fingerprint density at radius 2 is 2.20 bits per heavy atom. The Labute approximate surface area is 183 Å². The number of thiophene rings is 1. The zero-order chi connectivity index (χ0) is 21.3. The number of thioether (sulfide) groups is 1. The summed E-state index contributed by atoms with van der Waals surface area (Å²) in [6, 6.07) is -0.132. The molecule has 11 heteroatoms. The van der Waals surface area contributed by atoms with Gasteiger partial charge in [0.15, 0.2) is 0 Å². The molecule has 164 valence electrons. The summed E-state index contributed by atoms with van der Waals surface area (Å²) in [5.41, 5.74) is 1.12. The molecule has 0 saturated carbocycles. The van der Waals surface area contributed by atoms with Crippen LogP contribution in [0.5, 0.6) is 0 Å². The van der Waals surface area contributed by atoms with E-state index >= 15 is 0 Å². The van der Waals surface area contributed by atoms with E-state index in [1.165, 1.54) is 21.0 Å². The number of carbonyl (C=O) groups is 1. The summed E-state index contributed by atoms with van der Waals surface area (Å²) in [7, 11) is -3.22. The molecular formula is C19H26N4O4S3. The molecule has 4 rings (SSSR count). The third kappa shape index (κ3) is 4.90. The molecule has 3 heterocycles. The van der Waals surface area contributed by atoms with Crippen molar-refractivity contribution in [2.45, 2.75) is 50.3 Å². The van der Waals surface area contributed by atoms with Crippen LogP contribution < -0.4 is 10.9 Å². The number of nitrogens with one attached hydrogen (secondary N) is 2. The first-order valence-electron chi connectivity index (χ1n) is 10.2. The summed E-state index contributed by atoms with van der Waals surface area (Å²) in [5.74, 6) is 1.73. The lowest BCUT2D eigenvalue weighted by atomic mass is 10.1. The minimum Gasteiger partial charge on any atom is -0.352 e. The fourth-order valence-electron chi connectivity index (χ4n) is 4.11. The van der Waals surface area contributed by atoms with Gasteiger partial charge in [0.25, 0.3) is 5.56 Å². The molecule has 30 heavy (non-hydrogen) atoms. The summed E-state index contributed by atoms with van der Waals surface area (Å²) in [4.78, 5) is 34.3. The molecule has 2 aromatic rings. The molecule has 1 atom stereocenters. The lowest BCUT2D eigenvalue weighted by molar-refractivity contribution is -0.121. The second kappa shape index (κ2) is 8.97. The summed E-state index contributed by atoms with van der Waals surface area (Å²) in [5, 5.41) is 3.71. The first-order chi connectivity index (χ1) is 14.3. The van der Waals surface area contributed by atoms with Crippen molar-refractivity contribution in [1.82, 2.24) is 19.6 Å². The van der Waals surface area contributed by atoms with Gasteiger partial charge in [0.2, 0.25) is 15.9 Å². The monoisotopic (exact) mass is 470 g/mol. The van der Waals surface area contributed by atoms with Crippen LogP contribution in [0.3, 0.4) is 0 Å². The van der Waals surface area contributed by atoms with Crippen LogP contribution in [0.25, 0.3) is 10.2 Å². The van der Waals surface area contributed by atoms with E-state index in [1.807, 2.05) is 0 Å². The molecule has 0 radical (unpaired) electrons. The van der Waals surface area contributed by atoms with Crippen molar-refractivity contribution < 1.29 is 13.2 Å². The molecular weight excluding hydrogens is 444 g/mol. The summed E-state index contributed by atoms with van der Waals surface area (Å²) in [6.07, 6.45) is 6.21. The molecule has 2 aliphatic rings. The first kappa shape index (κ1) is 21.8. The number of fused-ring (bicyclic) bond motifs is 3. The van der Waals surface area contributed by atoms with Crippen LogP contribution in [0.1, 0.15) is 41.9 Å². The second-order valence-corrected chi connectivity index (χ2v) is 12.1. The van der Waals surface area contributed by atoms with Crippen LogP contribution in [-0.2, 0) is 33.4 Å². The van der Waals surface area contributed by atoms with Gasteiger partial charge in [-0.25, -0.2) is 17.7 Å². The van der Waals surface area contributed by atoms with Gasteiger partial charge in [-0.3, -0.25) is 9.59 Å². The average molecular weight is 471 g/mol. The standard InChI is InChI=1S/C19H26N4O4S3/c1-30(26,27)23-8-3-4-12(10-23)20-16(24)7-9-28-11-15-21-18(25)17-13-5-2-6-14(13)29-19(17)22-15/h12H,2-11H2,1H3,(H,20,24)(H,21,22,25). The van der Waals surface area contributed by atoms with Gasteiger partial charge in [-0.2, -0.15) is 11.8 Å². The number of aromatic nitrogens is 2. The van der Waals surface area contributed by atoms with Gasteiger partial charge in [-0.05, 0) is 37.7 Å². The number of hydrogen-bond acceptors (Lipinski definition) is 7. The predicted octanol–water partition coefficient (Wildman–Crippen LogP) is 1.64. The molecule has 8 nitrogen and oxygen atoms in total. The molecule has 0 bridgehead atoms. The lowest BCUT2D eigenvalue weighted by Gasteiger charge is -2.31. The highest BCUT2D eigenvalue weighted by atomic mass is 32.2. The van der Waals surface area contributed by atoms with Crippen LogP contribution in [0.2, 0.25) is 0 Å². The zero-order valence-electron chi connectivity index (χ0n) is 16.9. The number of aromatic amines is 1. The highest BCUT2D eigenvalue weighted by Crippen LogP contribution is 2.34. The Bertz CT molecular complexity index is 1110. The third-order valence-electron chi connectivity index (χ3n) is 5.55. The van der Waals surface area contributed by atoms with Crippen molar-refractivity contribution in [2.24, 2.45) is 0 Å². The second-order valence-electron chi connectivity index (χ2n) is 7.88. The Hall–Kier alpha value is -1.43. The Morgan fingerprint density at radius 3 is 3.00 bits per heavy atom. The fourth-order valence-corrected chi connectivity index (χ4v) is 7.11. The SMILES string of the molecule is CS(=O)(=O)N1CCCC(NC(=O)CCSCc2nc3sc4c(c3c(=O)[nH]2)CCC4)C1. The summed E-state index contributed by atoms with van der Waals surface area (Å²) >= 11 is 3.18. The van der Waals surface area contributed by atoms with Gasteiger partial charge >= 0.3 is 0 Å². The minimum atomic E-state index is -3.22. The van der Waals surface area contributed by atoms with E-state index < -0.39 is 10.0 Å². The van der Waals surface area contributed by atoms with Crippen LogP contribution in [-0.4, -0.2) is 59.7 Å². The topological polar surface area (TPSA) is 112 Å². The number of piperidine rings is 1. The first-order valence-corrected chi connectivity index (χ1v) is 14.0. The van der Waals surface area contributed by atoms with E-state index in [-0.39, 0.29) is 17.5 Å². The van der Waals surface area contributed by atoms with Crippen molar-refractivity contribution in [3.8, 4) is 0 Å². The van der Waals surface area contributed by atoms with E-state index in [2.05, 4.69) is 15.3 Å². The number of hydrogen-bond donors (Lipinski definition) is 2. The van der Waals surface area contributed by atoms with Crippen LogP contribution in [0.4, 0.5) is 0 Å². The maximum absolute atomic E-state index is 12.5. The maximum atomic E-state index is 12.5. The number of carbonyl (C=O) groups excluding carboxylic acids is 1. The highest BCUT2D eigenvalue weighted by Gasteiger charge is 2.26. The third-order valence-corrected chi connectivity index (χ3v) is 8.98. The molecule has 0 spiro atoms. The number of H-pyrrole nitrogens is 1. The molecule has 2 N–H and O–H groups in total. The molecule has 0 aromatic carbocycles. The van der Waals surface area contributed by atoms with E-state index in [0.717, 1.165) is 42.3 Å². The van der Waals surface area contributed by atoms with Crippen molar-refractivity contribution in [3.63, 3.8) is 0 Å². The maximum Gasteiger partial charge on any atom is 0.259 e. The summed E-state index contributed by atoms with van der Waals surface area (Å²) < 4.78 is 24.8. The highest BCUT2D eigenvalue weighted by molar-refractivity contribution is 7.98. The van der Waals surface area contributed by atoms with E-state index in [0.29, 0.717) is 36.8 Å². The quantitative estimate of drug-likeness (QED) is 0.595. The predicted molar refractivity (Wildman–Crippen MR) is 121 cm³/mol.